The van der Waals surface area contributed by atoms with Crippen molar-refractivity contribution in [2.45, 2.75) is 19.4 Å². The van der Waals surface area contributed by atoms with Crippen molar-refractivity contribution in [3.05, 3.63) is 58.5 Å². The molecule has 0 amide bonds. The summed E-state index contributed by atoms with van der Waals surface area (Å²) in [7, 11) is 1.95. The fourth-order valence-corrected chi connectivity index (χ4v) is 2.16. The minimum absolute atomic E-state index is 0.222. The van der Waals surface area contributed by atoms with Gasteiger partial charge in [0.2, 0.25) is 0 Å². The first-order valence-electron chi connectivity index (χ1n) is 5.66. The summed E-state index contributed by atoms with van der Waals surface area (Å²) in [5.41, 5.74) is 2.46. The normalized spacial score (nSPS) is 12.6. The molecule has 90 valence electrons. The van der Waals surface area contributed by atoms with Crippen molar-refractivity contribution in [3.63, 3.8) is 0 Å². The van der Waals surface area contributed by atoms with Crippen molar-refractivity contribution < 1.29 is 4.42 Å². The molecule has 1 aromatic heterocycles. The molecule has 1 N–H and O–H groups in total. The van der Waals surface area contributed by atoms with E-state index in [-0.39, 0.29) is 6.04 Å². The number of nitrogens with one attached hydrogen (secondary N) is 1. The summed E-state index contributed by atoms with van der Waals surface area (Å²) >= 11 is 6.05. The van der Waals surface area contributed by atoms with E-state index in [1.807, 2.05) is 37.4 Å². The second-order valence-corrected chi connectivity index (χ2v) is 4.56. The SMILES string of the molecule is CNC(Cc1ccco1)c1cc(Cl)ccc1C. The Morgan fingerprint density at radius 2 is 2.18 bits per heavy atom. The molecule has 0 saturated carbocycles. The molecule has 0 saturated heterocycles. The van der Waals surface area contributed by atoms with Gasteiger partial charge in [-0.1, -0.05) is 17.7 Å². The summed E-state index contributed by atoms with van der Waals surface area (Å²) in [6.45, 7) is 2.10. The lowest BCUT2D eigenvalue weighted by Gasteiger charge is -2.18. The van der Waals surface area contributed by atoms with Crippen molar-refractivity contribution in [1.29, 1.82) is 0 Å². The van der Waals surface area contributed by atoms with Gasteiger partial charge in [-0.05, 0) is 49.4 Å². The fourth-order valence-electron chi connectivity index (χ4n) is 1.98. The van der Waals surface area contributed by atoms with Gasteiger partial charge in [0.25, 0.3) is 0 Å². The number of hydrogen-bond donors (Lipinski definition) is 1. The van der Waals surface area contributed by atoms with E-state index in [0.29, 0.717) is 0 Å². The van der Waals surface area contributed by atoms with E-state index in [0.717, 1.165) is 17.2 Å². The molecule has 0 aliphatic rings. The van der Waals surface area contributed by atoms with Gasteiger partial charge < -0.3 is 9.73 Å². The Bertz CT molecular complexity index is 479. The van der Waals surface area contributed by atoms with Gasteiger partial charge in [-0.15, -0.1) is 0 Å². The van der Waals surface area contributed by atoms with E-state index >= 15 is 0 Å². The van der Waals surface area contributed by atoms with Gasteiger partial charge >= 0.3 is 0 Å². The molecule has 17 heavy (non-hydrogen) atoms. The maximum absolute atomic E-state index is 6.05. The lowest BCUT2D eigenvalue weighted by molar-refractivity contribution is 0.465. The topological polar surface area (TPSA) is 25.2 Å². The Kier molecular flexibility index (Phi) is 3.87. The van der Waals surface area contributed by atoms with Gasteiger partial charge in [-0.25, -0.2) is 0 Å². The molecule has 0 spiro atoms. The maximum atomic E-state index is 6.05. The Morgan fingerprint density at radius 1 is 1.35 bits per heavy atom. The van der Waals surface area contributed by atoms with Crippen LogP contribution in [0.5, 0.6) is 0 Å². The molecule has 0 aliphatic carbocycles. The summed E-state index contributed by atoms with van der Waals surface area (Å²) in [4.78, 5) is 0. The molecule has 2 rings (SSSR count). The molecule has 2 aromatic rings. The molecule has 0 radical (unpaired) electrons. The van der Waals surface area contributed by atoms with Crippen LogP contribution in [0.4, 0.5) is 0 Å². The number of furan rings is 1. The molecule has 1 aromatic carbocycles. The lowest BCUT2D eigenvalue weighted by atomic mass is 9.98. The van der Waals surface area contributed by atoms with E-state index in [1.54, 1.807) is 6.26 Å². The van der Waals surface area contributed by atoms with E-state index < -0.39 is 0 Å². The molecule has 2 nitrogen and oxygen atoms in total. The minimum atomic E-state index is 0.222. The Hall–Kier alpha value is -1.25. The van der Waals surface area contributed by atoms with Crippen LogP contribution in [0.3, 0.4) is 0 Å². The molecule has 0 aliphatic heterocycles. The molecular formula is C14H16ClNO. The maximum Gasteiger partial charge on any atom is 0.105 e. The van der Waals surface area contributed by atoms with Gasteiger partial charge in [0.1, 0.15) is 5.76 Å². The van der Waals surface area contributed by atoms with Gasteiger partial charge in [0.15, 0.2) is 0 Å². The molecule has 3 heteroatoms. The molecule has 1 atom stereocenters. The zero-order chi connectivity index (χ0) is 12.3. The fraction of sp³-hybridized carbons (Fsp3) is 0.286. The third kappa shape index (κ3) is 2.90. The van der Waals surface area contributed by atoms with Gasteiger partial charge in [0, 0.05) is 17.5 Å². The van der Waals surface area contributed by atoms with E-state index in [1.165, 1.54) is 11.1 Å². The third-order valence-electron chi connectivity index (χ3n) is 2.95. The third-order valence-corrected chi connectivity index (χ3v) is 3.19. The van der Waals surface area contributed by atoms with Gasteiger partial charge in [-0.3, -0.25) is 0 Å². The Balaban J connectivity index is 2.25. The quantitative estimate of drug-likeness (QED) is 0.893. The summed E-state index contributed by atoms with van der Waals surface area (Å²) in [6, 6.07) is 10.1. The monoisotopic (exact) mass is 249 g/mol. The van der Waals surface area contributed by atoms with Gasteiger partial charge in [-0.2, -0.15) is 0 Å². The highest BCUT2D eigenvalue weighted by molar-refractivity contribution is 6.30. The van der Waals surface area contributed by atoms with Crippen LogP contribution in [0.15, 0.2) is 41.0 Å². The molecular weight excluding hydrogens is 234 g/mol. The number of rotatable bonds is 4. The summed E-state index contributed by atoms with van der Waals surface area (Å²) in [5.74, 6) is 0.976. The average molecular weight is 250 g/mol. The van der Waals surface area contributed by atoms with Crippen LogP contribution < -0.4 is 5.32 Å². The number of benzene rings is 1. The molecule has 1 unspecified atom stereocenters. The molecule has 1 heterocycles. The largest absolute Gasteiger partial charge is 0.469 e. The van der Waals surface area contributed by atoms with Crippen LogP contribution in [0.1, 0.15) is 22.9 Å². The highest BCUT2D eigenvalue weighted by Crippen LogP contribution is 2.24. The number of likely N-dealkylation sites (N-methyl/N-ethyl adjacent to an activating group) is 1. The Morgan fingerprint density at radius 3 is 2.82 bits per heavy atom. The van der Waals surface area contributed by atoms with E-state index in [2.05, 4.69) is 12.2 Å². The smallest absolute Gasteiger partial charge is 0.105 e. The molecule has 0 fully saturated rings. The number of halogens is 1. The summed E-state index contributed by atoms with van der Waals surface area (Å²) < 4.78 is 5.38. The predicted molar refractivity (Wildman–Crippen MR) is 70.4 cm³/mol. The predicted octanol–water partition coefficient (Wildman–Crippen LogP) is 3.74. The van der Waals surface area contributed by atoms with Crippen molar-refractivity contribution in [2.24, 2.45) is 0 Å². The van der Waals surface area contributed by atoms with Crippen molar-refractivity contribution >= 4 is 11.6 Å². The second-order valence-electron chi connectivity index (χ2n) is 4.13. The number of aryl methyl sites for hydroxylation is 1. The second kappa shape index (κ2) is 5.39. The van der Waals surface area contributed by atoms with Crippen LogP contribution in [-0.4, -0.2) is 7.05 Å². The summed E-state index contributed by atoms with van der Waals surface area (Å²) in [5, 5.41) is 4.07. The first-order valence-corrected chi connectivity index (χ1v) is 6.04. The zero-order valence-electron chi connectivity index (χ0n) is 10.0. The van der Waals surface area contributed by atoms with Crippen molar-refractivity contribution in [1.82, 2.24) is 5.32 Å². The van der Waals surface area contributed by atoms with Crippen LogP contribution in [0, 0.1) is 6.92 Å². The average Bonchev–Trinajstić information content (AvgIpc) is 2.82. The van der Waals surface area contributed by atoms with Crippen molar-refractivity contribution in [3.8, 4) is 0 Å². The van der Waals surface area contributed by atoms with E-state index in [9.17, 15) is 0 Å². The first-order chi connectivity index (χ1) is 8.20. The Labute approximate surface area is 107 Å². The summed E-state index contributed by atoms with van der Waals surface area (Å²) in [6.07, 6.45) is 2.53. The lowest BCUT2D eigenvalue weighted by Crippen LogP contribution is -2.19. The highest BCUT2D eigenvalue weighted by Gasteiger charge is 2.14. The van der Waals surface area contributed by atoms with Crippen LogP contribution in [0.25, 0.3) is 0 Å². The standard InChI is InChI=1S/C14H16ClNO/c1-10-5-6-11(15)8-13(10)14(16-2)9-12-4-3-7-17-12/h3-8,14,16H,9H2,1-2H3. The van der Waals surface area contributed by atoms with Crippen LogP contribution >= 0.6 is 11.6 Å². The zero-order valence-corrected chi connectivity index (χ0v) is 10.8. The minimum Gasteiger partial charge on any atom is -0.469 e. The highest BCUT2D eigenvalue weighted by atomic mass is 35.5. The van der Waals surface area contributed by atoms with Crippen molar-refractivity contribution in [2.75, 3.05) is 7.05 Å². The first kappa shape index (κ1) is 12.2. The number of hydrogen-bond acceptors (Lipinski definition) is 2. The van der Waals surface area contributed by atoms with Crippen LogP contribution in [0.2, 0.25) is 5.02 Å². The van der Waals surface area contributed by atoms with Crippen LogP contribution in [-0.2, 0) is 6.42 Å². The van der Waals surface area contributed by atoms with Gasteiger partial charge in [0.05, 0.1) is 6.26 Å². The molecule has 0 bridgehead atoms. The van der Waals surface area contributed by atoms with E-state index in [4.69, 9.17) is 16.0 Å².